The predicted octanol–water partition coefficient (Wildman–Crippen LogP) is 1.50. The van der Waals surface area contributed by atoms with Gasteiger partial charge in [0.05, 0.1) is 16.6 Å². The normalized spacial score (nSPS) is 11.2. The van der Waals surface area contributed by atoms with Crippen molar-refractivity contribution in [3.05, 3.63) is 57.1 Å². The summed E-state index contributed by atoms with van der Waals surface area (Å²) >= 11 is 1.27. The highest BCUT2D eigenvalue weighted by atomic mass is 32.1. The number of thiophene rings is 1. The number of hydrogen-bond donors (Lipinski definition) is 1. The van der Waals surface area contributed by atoms with Crippen LogP contribution in [0.5, 0.6) is 0 Å². The van der Waals surface area contributed by atoms with Gasteiger partial charge in [0.15, 0.2) is 5.82 Å². The van der Waals surface area contributed by atoms with Gasteiger partial charge in [0.1, 0.15) is 22.9 Å². The van der Waals surface area contributed by atoms with Crippen LogP contribution in [0, 0.1) is 6.92 Å². The van der Waals surface area contributed by atoms with Crippen molar-refractivity contribution in [3.8, 4) is 0 Å². The monoisotopic (exact) mass is 411 g/mol. The molecule has 0 bridgehead atoms. The van der Waals surface area contributed by atoms with E-state index in [4.69, 9.17) is 10.5 Å². The van der Waals surface area contributed by atoms with Gasteiger partial charge in [-0.3, -0.25) is 18.8 Å². The van der Waals surface area contributed by atoms with E-state index in [1.54, 1.807) is 35.0 Å². The first-order chi connectivity index (χ1) is 13.8. The molecule has 1 amide bonds. The zero-order chi connectivity index (χ0) is 20.7. The molecule has 3 heterocycles. The Morgan fingerprint density at radius 3 is 2.72 bits per heavy atom. The Morgan fingerprint density at radius 1 is 1.24 bits per heavy atom. The van der Waals surface area contributed by atoms with Gasteiger partial charge in [-0.25, -0.2) is 9.78 Å². The molecule has 0 fully saturated rings. The van der Waals surface area contributed by atoms with E-state index in [0.717, 1.165) is 20.5 Å². The van der Waals surface area contributed by atoms with Gasteiger partial charge in [0.25, 0.3) is 5.56 Å². The number of amides is 1. The van der Waals surface area contributed by atoms with Gasteiger partial charge in [0, 0.05) is 12.4 Å². The van der Waals surface area contributed by atoms with Gasteiger partial charge >= 0.3 is 5.97 Å². The number of carbonyl (C=O) groups is 2. The average Bonchev–Trinajstić information content (AvgIpc) is 3.24. The van der Waals surface area contributed by atoms with E-state index in [9.17, 15) is 14.4 Å². The fourth-order valence-electron chi connectivity index (χ4n) is 3.15. The van der Waals surface area contributed by atoms with E-state index in [1.807, 2.05) is 14.0 Å². The van der Waals surface area contributed by atoms with E-state index in [1.165, 1.54) is 11.3 Å². The molecule has 0 aliphatic rings. The SMILES string of the molecule is Cc1nn(C)c2sc(C(=O)OCc3nc4ccccc4c(=O)n3CC(N)=O)cc12. The quantitative estimate of drug-likeness (QED) is 0.497. The third-order valence-corrected chi connectivity index (χ3v) is 5.67. The number of hydrogen-bond acceptors (Lipinski definition) is 7. The highest BCUT2D eigenvalue weighted by Crippen LogP contribution is 2.28. The molecular formula is C19H17N5O4S. The van der Waals surface area contributed by atoms with Crippen LogP contribution in [-0.4, -0.2) is 31.2 Å². The molecule has 10 heteroatoms. The summed E-state index contributed by atoms with van der Waals surface area (Å²) in [5.74, 6) is -1.08. The summed E-state index contributed by atoms with van der Waals surface area (Å²) in [6.07, 6.45) is 0. The van der Waals surface area contributed by atoms with Crippen molar-refractivity contribution in [1.82, 2.24) is 19.3 Å². The smallest absolute Gasteiger partial charge is 0.348 e. The number of fused-ring (bicyclic) bond motifs is 2. The maximum Gasteiger partial charge on any atom is 0.348 e. The van der Waals surface area contributed by atoms with Gasteiger partial charge in [-0.05, 0) is 25.1 Å². The number of benzene rings is 1. The predicted molar refractivity (Wildman–Crippen MR) is 108 cm³/mol. The summed E-state index contributed by atoms with van der Waals surface area (Å²) in [5, 5.41) is 5.55. The van der Waals surface area contributed by atoms with Crippen molar-refractivity contribution in [2.24, 2.45) is 12.8 Å². The lowest BCUT2D eigenvalue weighted by molar-refractivity contribution is -0.118. The molecule has 4 rings (SSSR count). The van der Waals surface area contributed by atoms with Gasteiger partial charge in [-0.15, -0.1) is 11.3 Å². The lowest BCUT2D eigenvalue weighted by atomic mass is 10.2. The highest BCUT2D eigenvalue weighted by molar-refractivity contribution is 7.20. The Balaban J connectivity index is 1.65. The minimum atomic E-state index is -0.691. The first kappa shape index (κ1) is 18.8. The number of aromatic nitrogens is 4. The minimum Gasteiger partial charge on any atom is -0.453 e. The van der Waals surface area contributed by atoms with Crippen LogP contribution in [0.3, 0.4) is 0 Å². The first-order valence-corrected chi connectivity index (χ1v) is 9.54. The van der Waals surface area contributed by atoms with Gasteiger partial charge < -0.3 is 10.5 Å². The maximum atomic E-state index is 12.7. The van der Waals surface area contributed by atoms with Crippen molar-refractivity contribution in [2.45, 2.75) is 20.1 Å². The molecule has 0 spiro atoms. The average molecular weight is 411 g/mol. The third kappa shape index (κ3) is 3.38. The topological polar surface area (TPSA) is 122 Å². The number of rotatable bonds is 5. The lowest BCUT2D eigenvalue weighted by Gasteiger charge is -2.12. The Kier molecular flexibility index (Phi) is 4.63. The van der Waals surface area contributed by atoms with E-state index < -0.39 is 17.4 Å². The fraction of sp³-hybridized carbons (Fsp3) is 0.211. The van der Waals surface area contributed by atoms with Crippen LogP contribution < -0.4 is 11.3 Å². The molecule has 0 unspecified atom stereocenters. The number of aryl methyl sites for hydroxylation is 2. The number of ether oxygens (including phenoxy) is 1. The Hall–Kier alpha value is -3.53. The molecule has 9 nitrogen and oxygen atoms in total. The number of esters is 1. The summed E-state index contributed by atoms with van der Waals surface area (Å²) in [4.78, 5) is 42.4. The second-order valence-electron chi connectivity index (χ2n) is 6.52. The van der Waals surface area contributed by atoms with E-state index >= 15 is 0 Å². The minimum absolute atomic E-state index is 0.153. The zero-order valence-electron chi connectivity index (χ0n) is 15.7. The Labute approximate surface area is 168 Å². The summed E-state index contributed by atoms with van der Waals surface area (Å²) in [6.45, 7) is 1.25. The molecule has 3 aromatic heterocycles. The summed E-state index contributed by atoms with van der Waals surface area (Å²) in [6, 6.07) is 8.48. The fourth-order valence-corrected chi connectivity index (χ4v) is 4.17. The second-order valence-corrected chi connectivity index (χ2v) is 7.55. The molecule has 0 aliphatic heterocycles. The molecule has 0 radical (unpaired) electrons. The van der Waals surface area contributed by atoms with Crippen molar-refractivity contribution in [3.63, 3.8) is 0 Å². The summed E-state index contributed by atoms with van der Waals surface area (Å²) < 4.78 is 8.23. The number of carbonyl (C=O) groups excluding carboxylic acids is 2. The molecule has 0 atom stereocenters. The largest absolute Gasteiger partial charge is 0.453 e. The van der Waals surface area contributed by atoms with Crippen molar-refractivity contribution >= 4 is 44.3 Å². The number of primary amides is 1. The van der Waals surface area contributed by atoms with E-state index in [-0.39, 0.29) is 19.0 Å². The van der Waals surface area contributed by atoms with Crippen molar-refractivity contribution < 1.29 is 14.3 Å². The molecule has 2 N–H and O–H groups in total. The summed E-state index contributed by atoms with van der Waals surface area (Å²) in [5.41, 5.74) is 6.13. The van der Waals surface area contributed by atoms with Crippen LogP contribution in [0.25, 0.3) is 21.1 Å². The van der Waals surface area contributed by atoms with Crippen LogP contribution in [0.15, 0.2) is 35.1 Å². The first-order valence-electron chi connectivity index (χ1n) is 8.72. The standard InChI is InChI=1S/C19H17N5O4S/c1-10-12-7-14(29-18(12)23(2)22-10)19(27)28-9-16-21-13-6-4-3-5-11(13)17(26)24(16)8-15(20)25/h3-7H,8-9H2,1-2H3,(H2,20,25). The van der Waals surface area contributed by atoms with E-state index in [0.29, 0.717) is 15.8 Å². The van der Waals surface area contributed by atoms with Gasteiger partial charge in [-0.2, -0.15) is 5.10 Å². The maximum absolute atomic E-state index is 12.7. The van der Waals surface area contributed by atoms with Crippen molar-refractivity contribution in [2.75, 3.05) is 0 Å². The van der Waals surface area contributed by atoms with Crippen LogP contribution in [0.2, 0.25) is 0 Å². The molecule has 1 aromatic carbocycles. The molecule has 0 saturated heterocycles. The molecule has 148 valence electrons. The number of nitrogens with zero attached hydrogens (tertiary/aromatic N) is 4. The molecular weight excluding hydrogens is 394 g/mol. The van der Waals surface area contributed by atoms with Crippen LogP contribution in [0.1, 0.15) is 21.2 Å². The van der Waals surface area contributed by atoms with Crippen LogP contribution >= 0.6 is 11.3 Å². The molecule has 0 aliphatic carbocycles. The summed E-state index contributed by atoms with van der Waals surface area (Å²) in [7, 11) is 1.81. The molecule has 29 heavy (non-hydrogen) atoms. The third-order valence-electron chi connectivity index (χ3n) is 4.48. The number of para-hydroxylation sites is 1. The van der Waals surface area contributed by atoms with Gasteiger partial charge in [-0.1, -0.05) is 12.1 Å². The Bertz CT molecular complexity index is 1300. The Morgan fingerprint density at radius 2 is 2.00 bits per heavy atom. The highest BCUT2D eigenvalue weighted by Gasteiger charge is 2.18. The molecule has 0 saturated carbocycles. The van der Waals surface area contributed by atoms with Crippen LogP contribution in [0.4, 0.5) is 0 Å². The van der Waals surface area contributed by atoms with Crippen molar-refractivity contribution in [1.29, 1.82) is 0 Å². The van der Waals surface area contributed by atoms with Gasteiger partial charge in [0.2, 0.25) is 5.91 Å². The van der Waals surface area contributed by atoms with Crippen LogP contribution in [-0.2, 0) is 29.7 Å². The number of nitrogens with two attached hydrogens (primary N) is 1. The zero-order valence-corrected chi connectivity index (χ0v) is 16.5. The molecule has 4 aromatic rings. The van der Waals surface area contributed by atoms with E-state index in [2.05, 4.69) is 10.1 Å². The second kappa shape index (κ2) is 7.13. The lowest BCUT2D eigenvalue weighted by Crippen LogP contribution is -2.32.